The Balaban J connectivity index is 2.14. The maximum absolute atomic E-state index is 6.14. The molecule has 1 aliphatic heterocycles. The van der Waals surface area contributed by atoms with Gasteiger partial charge in [0.05, 0.1) is 16.8 Å². The lowest BCUT2D eigenvalue weighted by Crippen LogP contribution is -2.51. The van der Waals surface area contributed by atoms with E-state index in [2.05, 4.69) is 10.6 Å². The minimum atomic E-state index is 0.541. The molecule has 3 heteroatoms. The minimum absolute atomic E-state index is 0.541. The SMILES string of the molecule is Cc1cccc(NC2CNC2)c1Cl. The molecule has 1 heterocycles. The van der Waals surface area contributed by atoms with Crippen LogP contribution in [0.4, 0.5) is 5.69 Å². The van der Waals surface area contributed by atoms with Crippen molar-refractivity contribution in [1.29, 1.82) is 0 Å². The van der Waals surface area contributed by atoms with Gasteiger partial charge in [0, 0.05) is 13.1 Å². The standard InChI is InChI=1S/C10H13ClN2/c1-7-3-2-4-9(10(7)11)13-8-5-12-6-8/h2-4,8,12-13H,5-6H2,1H3. The molecule has 0 atom stereocenters. The van der Waals surface area contributed by atoms with Gasteiger partial charge in [-0.2, -0.15) is 0 Å². The summed E-state index contributed by atoms with van der Waals surface area (Å²) in [5.41, 5.74) is 2.17. The molecule has 0 amide bonds. The Labute approximate surface area is 83.3 Å². The lowest BCUT2D eigenvalue weighted by molar-refractivity contribution is 0.472. The highest BCUT2D eigenvalue weighted by Gasteiger charge is 2.17. The summed E-state index contributed by atoms with van der Waals surface area (Å²) in [4.78, 5) is 0. The quantitative estimate of drug-likeness (QED) is 0.757. The van der Waals surface area contributed by atoms with E-state index in [9.17, 15) is 0 Å². The zero-order valence-corrected chi connectivity index (χ0v) is 8.36. The number of hydrogen-bond donors (Lipinski definition) is 2. The van der Waals surface area contributed by atoms with Crippen molar-refractivity contribution in [1.82, 2.24) is 5.32 Å². The van der Waals surface area contributed by atoms with Crippen molar-refractivity contribution >= 4 is 17.3 Å². The molecule has 0 bridgehead atoms. The van der Waals surface area contributed by atoms with Crippen LogP contribution >= 0.6 is 11.6 Å². The Kier molecular flexibility index (Phi) is 2.42. The normalized spacial score (nSPS) is 16.8. The number of nitrogens with one attached hydrogen (secondary N) is 2. The molecule has 1 fully saturated rings. The summed E-state index contributed by atoms with van der Waals surface area (Å²) in [6.45, 7) is 4.08. The number of hydrogen-bond acceptors (Lipinski definition) is 2. The first-order valence-electron chi connectivity index (χ1n) is 4.50. The Hall–Kier alpha value is -0.730. The molecule has 0 unspecified atom stereocenters. The van der Waals surface area contributed by atoms with E-state index in [0.29, 0.717) is 6.04 Å². The summed E-state index contributed by atoms with van der Waals surface area (Å²) in [6.07, 6.45) is 0. The molecule has 2 nitrogen and oxygen atoms in total. The van der Waals surface area contributed by atoms with Crippen LogP contribution < -0.4 is 10.6 Å². The molecule has 0 aromatic heterocycles. The largest absolute Gasteiger partial charge is 0.379 e. The molecule has 0 spiro atoms. The number of benzene rings is 1. The first-order chi connectivity index (χ1) is 6.27. The maximum atomic E-state index is 6.14. The van der Waals surface area contributed by atoms with Gasteiger partial charge in [-0.1, -0.05) is 23.7 Å². The van der Waals surface area contributed by atoms with Crippen LogP contribution in [0, 0.1) is 6.92 Å². The first kappa shape index (κ1) is 8.85. The predicted molar refractivity (Wildman–Crippen MR) is 56.5 cm³/mol. The van der Waals surface area contributed by atoms with Crippen molar-refractivity contribution in [2.75, 3.05) is 18.4 Å². The fourth-order valence-corrected chi connectivity index (χ4v) is 1.55. The molecule has 70 valence electrons. The van der Waals surface area contributed by atoms with Gasteiger partial charge in [-0.3, -0.25) is 0 Å². The highest BCUT2D eigenvalue weighted by Crippen LogP contribution is 2.25. The van der Waals surface area contributed by atoms with Gasteiger partial charge in [0.1, 0.15) is 0 Å². The third kappa shape index (κ3) is 1.79. The molecular formula is C10H13ClN2. The second-order valence-electron chi connectivity index (χ2n) is 3.44. The van der Waals surface area contributed by atoms with Crippen LogP contribution in [0.3, 0.4) is 0 Å². The summed E-state index contributed by atoms with van der Waals surface area (Å²) in [5, 5.41) is 7.45. The molecule has 13 heavy (non-hydrogen) atoms. The van der Waals surface area contributed by atoms with Crippen LogP contribution in [0.1, 0.15) is 5.56 Å². The summed E-state index contributed by atoms with van der Waals surface area (Å²) in [6, 6.07) is 6.61. The van der Waals surface area contributed by atoms with Crippen molar-refractivity contribution < 1.29 is 0 Å². The number of anilines is 1. The molecule has 2 rings (SSSR count). The minimum Gasteiger partial charge on any atom is -0.379 e. The van der Waals surface area contributed by atoms with E-state index in [4.69, 9.17) is 11.6 Å². The van der Waals surface area contributed by atoms with Crippen LogP contribution in [0.2, 0.25) is 5.02 Å². The summed E-state index contributed by atoms with van der Waals surface area (Å²) >= 11 is 6.14. The van der Waals surface area contributed by atoms with Gasteiger partial charge in [0.15, 0.2) is 0 Å². The van der Waals surface area contributed by atoms with Crippen LogP contribution in [0.5, 0.6) is 0 Å². The molecule has 1 aliphatic rings. The van der Waals surface area contributed by atoms with Gasteiger partial charge in [0.2, 0.25) is 0 Å². The zero-order chi connectivity index (χ0) is 9.26. The van der Waals surface area contributed by atoms with Crippen LogP contribution in [-0.2, 0) is 0 Å². The lowest BCUT2D eigenvalue weighted by Gasteiger charge is -2.29. The van der Waals surface area contributed by atoms with Crippen molar-refractivity contribution in [3.63, 3.8) is 0 Å². The van der Waals surface area contributed by atoms with Gasteiger partial charge in [-0.15, -0.1) is 0 Å². The van der Waals surface area contributed by atoms with Gasteiger partial charge in [0.25, 0.3) is 0 Å². The third-order valence-corrected chi connectivity index (χ3v) is 2.83. The fraction of sp³-hybridized carbons (Fsp3) is 0.400. The molecular weight excluding hydrogens is 184 g/mol. The van der Waals surface area contributed by atoms with E-state index in [0.717, 1.165) is 29.4 Å². The summed E-state index contributed by atoms with van der Waals surface area (Å²) in [5.74, 6) is 0. The van der Waals surface area contributed by atoms with Crippen LogP contribution in [0.15, 0.2) is 18.2 Å². The Morgan fingerprint density at radius 2 is 2.23 bits per heavy atom. The van der Waals surface area contributed by atoms with E-state index >= 15 is 0 Å². The van der Waals surface area contributed by atoms with E-state index in [-0.39, 0.29) is 0 Å². The molecule has 1 aromatic rings. The van der Waals surface area contributed by atoms with Crippen molar-refractivity contribution in [3.05, 3.63) is 28.8 Å². The summed E-state index contributed by atoms with van der Waals surface area (Å²) in [7, 11) is 0. The van der Waals surface area contributed by atoms with Gasteiger partial charge < -0.3 is 10.6 Å². The van der Waals surface area contributed by atoms with Crippen molar-refractivity contribution in [2.24, 2.45) is 0 Å². The smallest absolute Gasteiger partial charge is 0.0666 e. The monoisotopic (exact) mass is 196 g/mol. The predicted octanol–water partition coefficient (Wildman–Crippen LogP) is 2.03. The van der Waals surface area contributed by atoms with E-state index < -0.39 is 0 Å². The molecule has 0 radical (unpaired) electrons. The number of halogens is 1. The van der Waals surface area contributed by atoms with E-state index in [1.165, 1.54) is 0 Å². The highest BCUT2D eigenvalue weighted by molar-refractivity contribution is 6.34. The maximum Gasteiger partial charge on any atom is 0.0666 e. The molecule has 0 aliphatic carbocycles. The number of aryl methyl sites for hydroxylation is 1. The van der Waals surface area contributed by atoms with E-state index in [1.54, 1.807) is 0 Å². The summed E-state index contributed by atoms with van der Waals surface area (Å²) < 4.78 is 0. The molecule has 0 saturated carbocycles. The van der Waals surface area contributed by atoms with Gasteiger partial charge in [-0.25, -0.2) is 0 Å². The van der Waals surface area contributed by atoms with Crippen LogP contribution in [0.25, 0.3) is 0 Å². The van der Waals surface area contributed by atoms with Gasteiger partial charge in [-0.05, 0) is 18.6 Å². The van der Waals surface area contributed by atoms with E-state index in [1.807, 2.05) is 25.1 Å². The first-order valence-corrected chi connectivity index (χ1v) is 4.87. The number of rotatable bonds is 2. The highest BCUT2D eigenvalue weighted by atomic mass is 35.5. The Bertz CT molecular complexity index is 308. The molecule has 1 aromatic carbocycles. The third-order valence-electron chi connectivity index (χ3n) is 2.33. The second-order valence-corrected chi connectivity index (χ2v) is 3.81. The zero-order valence-electron chi connectivity index (χ0n) is 7.60. The lowest BCUT2D eigenvalue weighted by atomic mass is 10.1. The Morgan fingerprint density at radius 1 is 1.46 bits per heavy atom. The van der Waals surface area contributed by atoms with Crippen LogP contribution in [-0.4, -0.2) is 19.1 Å². The van der Waals surface area contributed by atoms with Gasteiger partial charge >= 0.3 is 0 Å². The average molecular weight is 197 g/mol. The average Bonchev–Trinajstić information content (AvgIpc) is 2.04. The topological polar surface area (TPSA) is 24.1 Å². The van der Waals surface area contributed by atoms with Crippen molar-refractivity contribution in [3.8, 4) is 0 Å². The second kappa shape index (κ2) is 3.56. The Morgan fingerprint density at radius 3 is 2.85 bits per heavy atom. The molecule has 2 N–H and O–H groups in total. The van der Waals surface area contributed by atoms with Crippen molar-refractivity contribution in [2.45, 2.75) is 13.0 Å². The fourth-order valence-electron chi connectivity index (χ4n) is 1.37. The molecule has 1 saturated heterocycles.